The summed E-state index contributed by atoms with van der Waals surface area (Å²) in [6.45, 7) is 0. The first-order chi connectivity index (χ1) is 11.2. The smallest absolute Gasteiger partial charge is 0.249 e. The number of hydrogen-bond donors (Lipinski definition) is 2. The van der Waals surface area contributed by atoms with E-state index < -0.39 is 0 Å². The summed E-state index contributed by atoms with van der Waals surface area (Å²) in [6, 6.07) is 13.5. The van der Waals surface area contributed by atoms with Crippen molar-refractivity contribution in [1.29, 1.82) is 0 Å². The van der Waals surface area contributed by atoms with Crippen molar-refractivity contribution in [1.82, 2.24) is 15.2 Å². The van der Waals surface area contributed by atoms with Gasteiger partial charge in [0.25, 0.3) is 0 Å². The Morgan fingerprint density at radius 3 is 2.74 bits per heavy atom. The highest BCUT2D eigenvalue weighted by Crippen LogP contribution is 2.26. The lowest BCUT2D eigenvalue weighted by Gasteiger charge is -2.10. The summed E-state index contributed by atoms with van der Waals surface area (Å²) in [4.78, 5) is 4.29. The van der Waals surface area contributed by atoms with Gasteiger partial charge in [-0.05, 0) is 30.3 Å². The third-order valence-corrected chi connectivity index (χ3v) is 3.01. The molecule has 0 aliphatic carbocycles. The summed E-state index contributed by atoms with van der Waals surface area (Å²) in [5.41, 5.74) is 1.30. The molecule has 116 valence electrons. The Kier molecular flexibility index (Phi) is 4.28. The van der Waals surface area contributed by atoms with Crippen LogP contribution in [0.15, 0.2) is 54.7 Å². The predicted molar refractivity (Wildman–Crippen MR) is 85.8 cm³/mol. The first-order valence-electron chi connectivity index (χ1n) is 6.87. The zero-order chi connectivity index (χ0) is 16.1. The monoisotopic (exact) mass is 311 g/mol. The maximum Gasteiger partial charge on any atom is 0.249 e. The van der Waals surface area contributed by atoms with E-state index in [2.05, 4.69) is 25.8 Å². The number of nitrogens with one attached hydrogen (secondary N) is 2. The molecule has 1 aromatic heterocycles. The Morgan fingerprint density at radius 2 is 1.91 bits per heavy atom. The van der Waals surface area contributed by atoms with E-state index in [0.29, 0.717) is 17.3 Å². The molecule has 0 saturated carbocycles. The van der Waals surface area contributed by atoms with E-state index in [4.69, 9.17) is 4.74 Å². The molecule has 0 unspecified atom stereocenters. The van der Waals surface area contributed by atoms with Crippen molar-refractivity contribution < 1.29 is 9.13 Å². The van der Waals surface area contributed by atoms with Gasteiger partial charge in [0.1, 0.15) is 11.6 Å². The van der Waals surface area contributed by atoms with Gasteiger partial charge in [-0.1, -0.05) is 18.2 Å². The van der Waals surface area contributed by atoms with Gasteiger partial charge in [0.15, 0.2) is 5.82 Å². The van der Waals surface area contributed by atoms with Crippen LogP contribution in [0.1, 0.15) is 0 Å². The SMILES string of the molecule is COc1ccccc1Nc1cnnc(Nc2cccc(F)c2)n1. The van der Waals surface area contributed by atoms with Crippen molar-refractivity contribution in [3.8, 4) is 5.75 Å². The lowest BCUT2D eigenvalue weighted by Crippen LogP contribution is -2.03. The van der Waals surface area contributed by atoms with E-state index in [0.717, 1.165) is 5.69 Å². The molecule has 6 nitrogen and oxygen atoms in total. The standard InChI is InChI=1S/C16H14FN5O/c1-23-14-8-3-2-7-13(14)20-15-10-18-22-16(21-15)19-12-6-4-5-11(17)9-12/h2-10H,1H3,(H2,19,20,21,22). The van der Waals surface area contributed by atoms with Gasteiger partial charge >= 0.3 is 0 Å². The molecule has 7 heteroatoms. The minimum Gasteiger partial charge on any atom is -0.495 e. The summed E-state index contributed by atoms with van der Waals surface area (Å²) in [7, 11) is 1.59. The van der Waals surface area contributed by atoms with Crippen LogP contribution in [0, 0.1) is 5.82 Å². The lowest BCUT2D eigenvalue weighted by atomic mass is 10.3. The average Bonchev–Trinajstić information content (AvgIpc) is 2.56. The quantitative estimate of drug-likeness (QED) is 0.751. The Labute approximate surface area is 132 Å². The van der Waals surface area contributed by atoms with Crippen LogP contribution in [-0.2, 0) is 0 Å². The van der Waals surface area contributed by atoms with Crippen molar-refractivity contribution in [3.05, 3.63) is 60.5 Å². The van der Waals surface area contributed by atoms with Gasteiger partial charge in [0.2, 0.25) is 5.95 Å². The predicted octanol–water partition coefficient (Wildman–Crippen LogP) is 3.51. The maximum atomic E-state index is 13.2. The number of rotatable bonds is 5. The van der Waals surface area contributed by atoms with Crippen molar-refractivity contribution in [2.45, 2.75) is 0 Å². The molecule has 1 heterocycles. The number of benzene rings is 2. The number of nitrogens with zero attached hydrogens (tertiary/aromatic N) is 3. The van der Waals surface area contributed by atoms with Gasteiger partial charge < -0.3 is 15.4 Å². The molecule has 2 N–H and O–H groups in total. The molecular formula is C16H14FN5O. The average molecular weight is 311 g/mol. The van der Waals surface area contributed by atoms with Gasteiger partial charge in [-0.15, -0.1) is 5.10 Å². The van der Waals surface area contributed by atoms with Crippen LogP contribution >= 0.6 is 0 Å². The van der Waals surface area contributed by atoms with E-state index in [1.807, 2.05) is 24.3 Å². The zero-order valence-electron chi connectivity index (χ0n) is 12.3. The van der Waals surface area contributed by atoms with Crippen LogP contribution in [0.5, 0.6) is 5.75 Å². The van der Waals surface area contributed by atoms with Crippen LogP contribution in [0.25, 0.3) is 0 Å². The molecule has 0 atom stereocenters. The van der Waals surface area contributed by atoms with Crippen LogP contribution in [0.3, 0.4) is 0 Å². The summed E-state index contributed by atoms with van der Waals surface area (Å²) < 4.78 is 18.5. The molecule has 3 rings (SSSR count). The van der Waals surface area contributed by atoms with Crippen LogP contribution in [0.4, 0.5) is 27.5 Å². The largest absolute Gasteiger partial charge is 0.495 e. The van der Waals surface area contributed by atoms with Gasteiger partial charge in [-0.3, -0.25) is 0 Å². The molecule has 23 heavy (non-hydrogen) atoms. The van der Waals surface area contributed by atoms with Gasteiger partial charge in [0, 0.05) is 5.69 Å². The fourth-order valence-electron chi connectivity index (χ4n) is 2.00. The van der Waals surface area contributed by atoms with Crippen molar-refractivity contribution >= 4 is 23.1 Å². The van der Waals surface area contributed by atoms with E-state index in [1.54, 1.807) is 19.2 Å². The summed E-state index contributed by atoms with van der Waals surface area (Å²) in [6.07, 6.45) is 1.49. The Bertz CT molecular complexity index is 812. The van der Waals surface area contributed by atoms with Gasteiger partial charge in [0.05, 0.1) is 19.0 Å². The number of hydrogen-bond acceptors (Lipinski definition) is 6. The topological polar surface area (TPSA) is 72.0 Å². The van der Waals surface area contributed by atoms with Gasteiger partial charge in [-0.25, -0.2) is 4.39 Å². The lowest BCUT2D eigenvalue weighted by molar-refractivity contribution is 0.417. The number of ether oxygens (including phenoxy) is 1. The molecule has 0 amide bonds. The van der Waals surface area contributed by atoms with E-state index in [1.165, 1.54) is 18.3 Å². The Balaban J connectivity index is 1.80. The second-order valence-electron chi connectivity index (χ2n) is 4.63. The molecule has 0 radical (unpaired) electrons. The number of aromatic nitrogens is 3. The number of anilines is 4. The molecule has 0 aliphatic heterocycles. The summed E-state index contributed by atoms with van der Waals surface area (Å²) >= 11 is 0. The summed E-state index contributed by atoms with van der Waals surface area (Å²) in [5.74, 6) is 1.09. The second-order valence-corrected chi connectivity index (χ2v) is 4.63. The Hall–Kier alpha value is -3.22. The molecule has 0 bridgehead atoms. The third kappa shape index (κ3) is 3.70. The highest BCUT2D eigenvalue weighted by atomic mass is 19.1. The maximum absolute atomic E-state index is 13.2. The highest BCUT2D eigenvalue weighted by Gasteiger charge is 2.05. The van der Waals surface area contributed by atoms with E-state index >= 15 is 0 Å². The van der Waals surface area contributed by atoms with Crippen molar-refractivity contribution in [2.24, 2.45) is 0 Å². The third-order valence-electron chi connectivity index (χ3n) is 3.01. The molecule has 3 aromatic rings. The zero-order valence-corrected chi connectivity index (χ0v) is 12.3. The van der Waals surface area contributed by atoms with E-state index in [9.17, 15) is 4.39 Å². The molecule has 0 fully saturated rings. The van der Waals surface area contributed by atoms with Crippen LogP contribution in [-0.4, -0.2) is 22.3 Å². The number of halogens is 1. The molecular weight excluding hydrogens is 297 g/mol. The fraction of sp³-hybridized carbons (Fsp3) is 0.0625. The fourth-order valence-corrected chi connectivity index (χ4v) is 2.00. The molecule has 0 spiro atoms. The Morgan fingerprint density at radius 1 is 1.04 bits per heavy atom. The normalized spacial score (nSPS) is 10.2. The van der Waals surface area contributed by atoms with Crippen LogP contribution in [0.2, 0.25) is 0 Å². The number of para-hydroxylation sites is 2. The molecule has 0 saturated heterocycles. The van der Waals surface area contributed by atoms with Crippen molar-refractivity contribution in [3.63, 3.8) is 0 Å². The second kappa shape index (κ2) is 6.69. The summed E-state index contributed by atoms with van der Waals surface area (Å²) in [5, 5.41) is 13.8. The minimum atomic E-state index is -0.341. The molecule has 2 aromatic carbocycles. The van der Waals surface area contributed by atoms with Gasteiger partial charge in [-0.2, -0.15) is 10.1 Å². The van der Waals surface area contributed by atoms with Crippen molar-refractivity contribution in [2.75, 3.05) is 17.7 Å². The highest BCUT2D eigenvalue weighted by molar-refractivity contribution is 5.64. The number of methoxy groups -OCH3 is 1. The van der Waals surface area contributed by atoms with E-state index in [-0.39, 0.29) is 11.8 Å². The molecule has 0 aliphatic rings. The van der Waals surface area contributed by atoms with Crippen LogP contribution < -0.4 is 15.4 Å². The minimum absolute atomic E-state index is 0.260. The first kappa shape index (κ1) is 14.7. The first-order valence-corrected chi connectivity index (χ1v) is 6.87.